The van der Waals surface area contributed by atoms with Crippen LogP contribution in [0.15, 0.2) is 30.3 Å². The Morgan fingerprint density at radius 1 is 1.00 bits per heavy atom. The van der Waals surface area contributed by atoms with Crippen LogP contribution >= 0.6 is 15.2 Å². The van der Waals surface area contributed by atoms with Gasteiger partial charge in [0.1, 0.15) is 24.7 Å². The highest BCUT2D eigenvalue weighted by Crippen LogP contribution is 2.43. The van der Waals surface area contributed by atoms with Crippen molar-refractivity contribution in [3.8, 4) is 0 Å². The lowest BCUT2D eigenvalue weighted by Crippen LogP contribution is -2.46. The molecule has 0 fully saturated rings. The number of aliphatic hydroxyl groups is 1. The first-order valence-corrected chi connectivity index (χ1v) is 9.79. The van der Waals surface area contributed by atoms with Gasteiger partial charge >= 0.3 is 21.2 Å². The van der Waals surface area contributed by atoms with Gasteiger partial charge in [0.15, 0.2) is 0 Å². The van der Waals surface area contributed by atoms with Crippen molar-refractivity contribution in [2.75, 3.05) is 12.6 Å². The average Bonchev–Trinajstić information content (AvgIpc) is 2.35. The highest BCUT2D eigenvalue weighted by molar-refractivity contribution is 7.52. The molecule has 10 nitrogen and oxygen atoms in total. The summed E-state index contributed by atoms with van der Waals surface area (Å²) < 4.78 is 22.3. The fraction of sp³-hybridized carbons (Fsp3) is 0.364. The van der Waals surface area contributed by atoms with Crippen molar-refractivity contribution in [3.63, 3.8) is 0 Å². The molecule has 130 valence electrons. The molecule has 0 spiro atoms. The quantitative estimate of drug-likeness (QED) is 0.335. The number of hydrogen-bond acceptors (Lipinski definition) is 5. The Morgan fingerprint density at radius 2 is 1.43 bits per heavy atom. The van der Waals surface area contributed by atoms with E-state index in [4.69, 9.17) is 19.6 Å². The molecule has 0 heterocycles. The zero-order valence-electron chi connectivity index (χ0n) is 11.7. The molecule has 0 amide bonds. The second kappa shape index (κ2) is 7.65. The third kappa shape index (κ3) is 6.90. The van der Waals surface area contributed by atoms with E-state index in [0.29, 0.717) is 4.90 Å². The van der Waals surface area contributed by atoms with Gasteiger partial charge in [-0.3, -0.25) is 18.8 Å². The molecule has 0 aliphatic rings. The van der Waals surface area contributed by atoms with Crippen LogP contribution in [-0.4, -0.2) is 59.3 Å². The Morgan fingerprint density at radius 3 is 1.78 bits per heavy atom. The van der Waals surface area contributed by atoms with Gasteiger partial charge in [-0.05, 0) is 5.56 Å². The van der Waals surface area contributed by atoms with Gasteiger partial charge in [-0.1, -0.05) is 30.3 Å². The van der Waals surface area contributed by atoms with Crippen LogP contribution < -0.4 is 0 Å². The molecular weight excluding hydrogens is 352 g/mol. The average molecular weight is 369 g/mol. The monoisotopic (exact) mass is 369 g/mol. The standard InChI is InChI=1S/C11H17NO9P2/c13-10(8-4-2-1-3-5-8)9(11(14)15)12(6-22(16,17)18)7-23(19,20)21/h1-5,9-10,13H,6-7H2,(H,14,15)(H2,16,17,18)(H2,19,20,21). The van der Waals surface area contributed by atoms with Crippen LogP contribution in [0, 0.1) is 0 Å². The number of carboxylic acids is 1. The fourth-order valence-electron chi connectivity index (χ4n) is 2.02. The van der Waals surface area contributed by atoms with E-state index in [1.807, 2.05) is 0 Å². The van der Waals surface area contributed by atoms with Gasteiger partial charge in [0.05, 0.1) is 0 Å². The number of benzene rings is 1. The van der Waals surface area contributed by atoms with Crippen LogP contribution in [0.1, 0.15) is 11.7 Å². The minimum Gasteiger partial charge on any atom is -0.480 e. The van der Waals surface area contributed by atoms with E-state index >= 15 is 0 Å². The topological polar surface area (TPSA) is 176 Å². The Bertz CT molecular complexity index is 602. The maximum atomic E-state index is 11.4. The summed E-state index contributed by atoms with van der Waals surface area (Å²) >= 11 is 0. The zero-order valence-corrected chi connectivity index (χ0v) is 13.5. The fourth-order valence-corrected chi connectivity index (χ4v) is 3.67. The molecule has 0 aliphatic heterocycles. The van der Waals surface area contributed by atoms with Gasteiger partial charge in [-0.25, -0.2) is 0 Å². The summed E-state index contributed by atoms with van der Waals surface area (Å²) in [5.41, 5.74) is 0.126. The highest BCUT2D eigenvalue weighted by atomic mass is 31.2. The van der Waals surface area contributed by atoms with Gasteiger partial charge in [-0.15, -0.1) is 0 Å². The number of aliphatic hydroxyl groups excluding tert-OH is 1. The predicted molar refractivity (Wildman–Crippen MR) is 78.5 cm³/mol. The zero-order chi connectivity index (χ0) is 17.8. The molecule has 1 rings (SSSR count). The van der Waals surface area contributed by atoms with Crippen LogP contribution in [-0.2, 0) is 13.9 Å². The molecule has 12 heteroatoms. The molecule has 0 aliphatic carbocycles. The minimum atomic E-state index is -4.82. The van der Waals surface area contributed by atoms with Crippen LogP contribution in [0.4, 0.5) is 0 Å². The van der Waals surface area contributed by atoms with Gasteiger partial charge in [-0.2, -0.15) is 0 Å². The van der Waals surface area contributed by atoms with E-state index in [1.54, 1.807) is 6.07 Å². The number of aliphatic carboxylic acids is 1. The molecular formula is C11H17NO9P2. The van der Waals surface area contributed by atoms with Crippen molar-refractivity contribution in [2.45, 2.75) is 12.1 Å². The molecule has 1 aromatic rings. The molecule has 0 bridgehead atoms. The Balaban J connectivity index is 3.21. The Kier molecular flexibility index (Phi) is 6.64. The first-order valence-electron chi connectivity index (χ1n) is 6.20. The lowest BCUT2D eigenvalue weighted by atomic mass is 10.0. The second-order valence-corrected chi connectivity index (χ2v) is 8.06. The van der Waals surface area contributed by atoms with E-state index in [0.717, 1.165) is 0 Å². The summed E-state index contributed by atoms with van der Waals surface area (Å²) in [6.45, 7) is 0. The molecule has 0 aromatic heterocycles. The van der Waals surface area contributed by atoms with E-state index in [9.17, 15) is 24.1 Å². The third-order valence-electron chi connectivity index (χ3n) is 2.82. The predicted octanol–water partition coefficient (Wildman–Crippen LogP) is -0.254. The molecule has 23 heavy (non-hydrogen) atoms. The van der Waals surface area contributed by atoms with Crippen LogP contribution in [0.2, 0.25) is 0 Å². The van der Waals surface area contributed by atoms with Crippen LogP contribution in [0.25, 0.3) is 0 Å². The van der Waals surface area contributed by atoms with Gasteiger partial charge in [0, 0.05) is 0 Å². The van der Waals surface area contributed by atoms with E-state index < -0.39 is 45.9 Å². The second-order valence-electron chi connectivity index (χ2n) is 4.84. The van der Waals surface area contributed by atoms with Gasteiger partial charge < -0.3 is 29.8 Å². The summed E-state index contributed by atoms with van der Waals surface area (Å²) in [5, 5.41) is 19.4. The summed E-state index contributed by atoms with van der Waals surface area (Å²) in [6.07, 6.45) is -4.19. The van der Waals surface area contributed by atoms with Crippen molar-refractivity contribution in [2.24, 2.45) is 0 Å². The molecule has 6 N–H and O–H groups in total. The number of carboxylic acid groups (broad SMARTS) is 1. The van der Waals surface area contributed by atoms with Crippen molar-refractivity contribution in [1.29, 1.82) is 0 Å². The maximum Gasteiger partial charge on any atom is 0.339 e. The molecule has 0 saturated carbocycles. The highest BCUT2D eigenvalue weighted by Gasteiger charge is 2.39. The first-order chi connectivity index (χ1) is 10.4. The van der Waals surface area contributed by atoms with Crippen LogP contribution in [0.3, 0.4) is 0 Å². The van der Waals surface area contributed by atoms with Crippen molar-refractivity contribution < 1.29 is 43.7 Å². The van der Waals surface area contributed by atoms with Crippen molar-refractivity contribution in [1.82, 2.24) is 4.90 Å². The normalized spacial score (nSPS) is 15.4. The maximum absolute atomic E-state index is 11.4. The smallest absolute Gasteiger partial charge is 0.339 e. The number of carbonyl (C=O) groups is 1. The first kappa shape index (κ1) is 20.0. The summed E-state index contributed by atoms with van der Waals surface area (Å²) in [4.78, 5) is 47.8. The third-order valence-corrected chi connectivity index (χ3v) is 4.28. The van der Waals surface area contributed by atoms with Gasteiger partial charge in [0.25, 0.3) is 0 Å². The van der Waals surface area contributed by atoms with Crippen LogP contribution in [0.5, 0.6) is 0 Å². The minimum absolute atomic E-state index is 0.126. The lowest BCUT2D eigenvalue weighted by molar-refractivity contribution is -0.147. The molecule has 0 saturated heterocycles. The molecule has 2 unspecified atom stereocenters. The van der Waals surface area contributed by atoms with Gasteiger partial charge in [0.2, 0.25) is 0 Å². The Hall–Kier alpha value is -1.09. The summed E-state index contributed by atoms with van der Waals surface area (Å²) in [7, 11) is -9.65. The molecule has 1 aromatic carbocycles. The summed E-state index contributed by atoms with van der Waals surface area (Å²) in [6, 6.07) is 5.44. The SMILES string of the molecule is O=C(O)C(C(O)c1ccccc1)N(CP(=O)(O)O)CP(=O)(O)O. The van der Waals surface area contributed by atoms with E-state index in [1.165, 1.54) is 24.3 Å². The largest absolute Gasteiger partial charge is 0.480 e. The van der Waals surface area contributed by atoms with Crippen molar-refractivity contribution in [3.05, 3.63) is 35.9 Å². The summed E-state index contributed by atoms with van der Waals surface area (Å²) in [5.74, 6) is -1.68. The molecule has 2 atom stereocenters. The number of rotatable bonds is 8. The Labute approximate surface area is 131 Å². The number of nitrogens with zero attached hydrogens (tertiary/aromatic N) is 1. The van der Waals surface area contributed by atoms with E-state index in [2.05, 4.69) is 0 Å². The number of hydrogen-bond donors (Lipinski definition) is 6. The molecule has 0 radical (unpaired) electrons. The van der Waals surface area contributed by atoms with E-state index in [-0.39, 0.29) is 5.56 Å². The van der Waals surface area contributed by atoms with Crippen molar-refractivity contribution >= 4 is 21.2 Å². The lowest BCUT2D eigenvalue weighted by Gasteiger charge is -2.32.